The predicted octanol–water partition coefficient (Wildman–Crippen LogP) is 2.43. The lowest BCUT2D eigenvalue weighted by atomic mass is 9.99. The number of carbonyl (C=O) groups is 2. The van der Waals surface area contributed by atoms with Gasteiger partial charge in [-0.25, -0.2) is 18.0 Å². The molecule has 2 amide bonds. The molecule has 21 heavy (non-hydrogen) atoms. The number of benzene rings is 1. The van der Waals surface area contributed by atoms with Gasteiger partial charge in [0.05, 0.1) is 11.6 Å². The zero-order chi connectivity index (χ0) is 15.6. The smallest absolute Gasteiger partial charge is 0.321 e. The van der Waals surface area contributed by atoms with Crippen molar-refractivity contribution in [2.75, 3.05) is 18.4 Å². The van der Waals surface area contributed by atoms with Gasteiger partial charge in [0.15, 0.2) is 11.6 Å². The van der Waals surface area contributed by atoms with Gasteiger partial charge in [0.1, 0.15) is 5.82 Å². The van der Waals surface area contributed by atoms with Crippen LogP contribution in [0.3, 0.4) is 0 Å². The number of hydrogen-bond donors (Lipinski definition) is 2. The number of amides is 2. The summed E-state index contributed by atoms with van der Waals surface area (Å²) in [6.45, 7) is 0.313. The van der Waals surface area contributed by atoms with Crippen molar-refractivity contribution in [1.82, 2.24) is 4.90 Å². The molecule has 1 aromatic carbocycles. The number of carboxylic acid groups (broad SMARTS) is 1. The van der Waals surface area contributed by atoms with Gasteiger partial charge in [0.2, 0.25) is 0 Å². The number of hydrogen-bond acceptors (Lipinski definition) is 2. The maximum absolute atomic E-state index is 13.4. The van der Waals surface area contributed by atoms with Crippen molar-refractivity contribution in [3.8, 4) is 0 Å². The molecule has 1 fully saturated rings. The largest absolute Gasteiger partial charge is 0.481 e. The molecule has 5 nitrogen and oxygen atoms in total. The average molecular weight is 302 g/mol. The molecule has 1 aliphatic heterocycles. The Bertz CT molecular complexity index is 580. The summed E-state index contributed by atoms with van der Waals surface area (Å²) in [6.07, 6.45) is 0.962. The third kappa shape index (κ3) is 3.45. The molecule has 0 bridgehead atoms. The molecular weight excluding hydrogens is 289 g/mol. The molecule has 0 aromatic heterocycles. The van der Waals surface area contributed by atoms with E-state index in [0.717, 1.165) is 0 Å². The fourth-order valence-electron chi connectivity index (χ4n) is 2.18. The van der Waals surface area contributed by atoms with Gasteiger partial charge in [-0.3, -0.25) is 4.79 Å². The molecule has 2 rings (SSSR count). The monoisotopic (exact) mass is 302 g/mol. The van der Waals surface area contributed by atoms with Crippen molar-refractivity contribution in [3.05, 3.63) is 29.6 Å². The quantitative estimate of drug-likeness (QED) is 0.824. The summed E-state index contributed by atoms with van der Waals surface area (Å²) in [6, 6.07) is 0.133. The molecule has 1 aromatic rings. The molecular formula is C13H13F3N2O3. The van der Waals surface area contributed by atoms with Gasteiger partial charge in [0, 0.05) is 25.2 Å². The predicted molar refractivity (Wildman–Crippen MR) is 67.3 cm³/mol. The van der Waals surface area contributed by atoms with E-state index < -0.39 is 41.1 Å². The Kier molecular flexibility index (Phi) is 4.35. The van der Waals surface area contributed by atoms with Crippen LogP contribution in [0.4, 0.5) is 23.7 Å². The first-order valence-electron chi connectivity index (χ1n) is 6.31. The Morgan fingerprint density at radius 2 is 1.86 bits per heavy atom. The van der Waals surface area contributed by atoms with Gasteiger partial charge in [-0.2, -0.15) is 0 Å². The molecule has 1 atom stereocenters. The minimum absolute atomic E-state index is 0.00748. The minimum atomic E-state index is -1.35. The van der Waals surface area contributed by atoms with Crippen LogP contribution >= 0.6 is 0 Å². The van der Waals surface area contributed by atoms with Crippen LogP contribution in [0.25, 0.3) is 0 Å². The van der Waals surface area contributed by atoms with Gasteiger partial charge >= 0.3 is 12.0 Å². The highest BCUT2D eigenvalue weighted by Gasteiger charge is 2.28. The lowest BCUT2D eigenvalue weighted by molar-refractivity contribution is -0.143. The number of likely N-dealkylation sites (tertiary alicyclic amines) is 1. The van der Waals surface area contributed by atoms with E-state index in [4.69, 9.17) is 5.11 Å². The highest BCUT2D eigenvalue weighted by atomic mass is 19.2. The summed E-state index contributed by atoms with van der Waals surface area (Å²) in [5.74, 6) is -5.43. The van der Waals surface area contributed by atoms with Crippen LogP contribution in [0.15, 0.2) is 12.1 Å². The molecule has 114 valence electrons. The summed E-state index contributed by atoms with van der Waals surface area (Å²) in [4.78, 5) is 24.0. The van der Waals surface area contributed by atoms with E-state index in [-0.39, 0.29) is 6.54 Å². The molecule has 0 unspecified atom stereocenters. The van der Waals surface area contributed by atoms with Crippen LogP contribution in [0.2, 0.25) is 0 Å². The summed E-state index contributed by atoms with van der Waals surface area (Å²) in [5, 5.41) is 11.0. The molecule has 1 aliphatic rings. The van der Waals surface area contributed by atoms with E-state index in [1.165, 1.54) is 4.90 Å². The van der Waals surface area contributed by atoms with Crippen molar-refractivity contribution in [2.24, 2.45) is 5.92 Å². The number of rotatable bonds is 2. The van der Waals surface area contributed by atoms with E-state index >= 15 is 0 Å². The van der Waals surface area contributed by atoms with Crippen LogP contribution in [-0.2, 0) is 4.79 Å². The van der Waals surface area contributed by atoms with E-state index in [0.29, 0.717) is 31.5 Å². The van der Waals surface area contributed by atoms with Crippen molar-refractivity contribution < 1.29 is 27.9 Å². The maximum Gasteiger partial charge on any atom is 0.321 e. The van der Waals surface area contributed by atoms with Gasteiger partial charge in [0.25, 0.3) is 0 Å². The molecule has 0 radical (unpaired) electrons. The number of nitrogens with zero attached hydrogens (tertiary/aromatic N) is 1. The van der Waals surface area contributed by atoms with Crippen LogP contribution in [0.5, 0.6) is 0 Å². The topological polar surface area (TPSA) is 69.6 Å². The lowest BCUT2D eigenvalue weighted by Crippen LogP contribution is -2.44. The molecule has 0 spiro atoms. The van der Waals surface area contributed by atoms with E-state index in [1.807, 2.05) is 0 Å². The van der Waals surface area contributed by atoms with Gasteiger partial charge in [-0.15, -0.1) is 0 Å². The number of carbonyl (C=O) groups excluding carboxylic acids is 1. The number of aliphatic carboxylic acids is 1. The van der Waals surface area contributed by atoms with Crippen LogP contribution < -0.4 is 5.32 Å². The average Bonchev–Trinajstić information content (AvgIpc) is 2.44. The number of halogens is 3. The van der Waals surface area contributed by atoms with E-state index in [2.05, 4.69) is 5.32 Å². The Hall–Kier alpha value is -2.25. The van der Waals surface area contributed by atoms with Crippen molar-refractivity contribution in [3.63, 3.8) is 0 Å². The SMILES string of the molecule is O=C(O)[C@H]1CCCN(C(=O)Nc2cc(F)c(F)cc2F)C1. The standard InChI is InChI=1S/C13H13F3N2O3/c14-8-4-10(16)11(5-9(8)15)17-13(21)18-3-1-2-7(6-18)12(19)20/h4-5,7H,1-3,6H2,(H,17,21)(H,19,20)/t7-/m0/s1. The van der Waals surface area contributed by atoms with E-state index in [1.54, 1.807) is 0 Å². The number of nitrogens with one attached hydrogen (secondary N) is 1. The first-order valence-corrected chi connectivity index (χ1v) is 6.31. The summed E-state index contributed by atoms with van der Waals surface area (Å²) < 4.78 is 39.3. The number of urea groups is 1. The maximum atomic E-state index is 13.4. The Morgan fingerprint density at radius 3 is 2.52 bits per heavy atom. The summed E-state index contributed by atoms with van der Waals surface area (Å²) in [5.41, 5.74) is -0.489. The van der Waals surface area contributed by atoms with Crippen LogP contribution in [0, 0.1) is 23.4 Å². The summed E-state index contributed by atoms with van der Waals surface area (Å²) in [7, 11) is 0. The first-order chi connectivity index (χ1) is 9.88. The van der Waals surface area contributed by atoms with Crippen molar-refractivity contribution in [2.45, 2.75) is 12.8 Å². The Balaban J connectivity index is 2.07. The van der Waals surface area contributed by atoms with Crippen LogP contribution in [0.1, 0.15) is 12.8 Å². The number of carboxylic acids is 1. The summed E-state index contributed by atoms with van der Waals surface area (Å²) >= 11 is 0. The highest BCUT2D eigenvalue weighted by Crippen LogP contribution is 2.21. The van der Waals surface area contributed by atoms with Gasteiger partial charge in [-0.05, 0) is 12.8 Å². The second kappa shape index (κ2) is 6.02. The highest BCUT2D eigenvalue weighted by molar-refractivity contribution is 5.90. The number of anilines is 1. The Labute approximate surface area is 118 Å². The second-order valence-electron chi connectivity index (χ2n) is 4.80. The molecule has 1 saturated heterocycles. The third-order valence-electron chi connectivity index (χ3n) is 3.31. The lowest BCUT2D eigenvalue weighted by Gasteiger charge is -2.30. The van der Waals surface area contributed by atoms with E-state index in [9.17, 15) is 22.8 Å². The molecule has 8 heteroatoms. The number of piperidine rings is 1. The van der Waals surface area contributed by atoms with Gasteiger partial charge in [-0.1, -0.05) is 0 Å². The van der Waals surface area contributed by atoms with Gasteiger partial charge < -0.3 is 15.3 Å². The molecule has 1 heterocycles. The van der Waals surface area contributed by atoms with Crippen LogP contribution in [-0.4, -0.2) is 35.1 Å². The molecule has 2 N–H and O–H groups in total. The zero-order valence-corrected chi connectivity index (χ0v) is 10.9. The third-order valence-corrected chi connectivity index (χ3v) is 3.31. The van der Waals surface area contributed by atoms with Crippen molar-refractivity contribution >= 4 is 17.7 Å². The fourth-order valence-corrected chi connectivity index (χ4v) is 2.18. The minimum Gasteiger partial charge on any atom is -0.481 e. The normalized spacial score (nSPS) is 18.4. The molecule has 0 saturated carbocycles. The fraction of sp³-hybridized carbons (Fsp3) is 0.385. The second-order valence-corrected chi connectivity index (χ2v) is 4.80. The zero-order valence-electron chi connectivity index (χ0n) is 10.9. The Morgan fingerprint density at radius 1 is 1.19 bits per heavy atom. The first kappa shape index (κ1) is 15.1. The van der Waals surface area contributed by atoms with Crippen molar-refractivity contribution in [1.29, 1.82) is 0 Å². The molecule has 0 aliphatic carbocycles.